The number of unbranched alkanes of at least 4 members (excludes halogenated alkanes) is 15. The van der Waals surface area contributed by atoms with Crippen LogP contribution in [-0.4, -0.2) is 34.9 Å². The lowest BCUT2D eigenvalue weighted by atomic mass is 10.1. The molecule has 48 heavy (non-hydrogen) atoms. The Morgan fingerprint density at radius 2 is 0.938 bits per heavy atom. The Balaban J connectivity index is 3.77. The van der Waals surface area contributed by atoms with E-state index in [9.17, 15) is 15.0 Å². The molecule has 0 radical (unpaired) electrons. The average molecular weight is 666 g/mol. The molecule has 0 aromatic carbocycles. The molecule has 0 aromatic heterocycles. The molecule has 0 heterocycles. The Kier molecular flexibility index (Phi) is 37.0. The van der Waals surface area contributed by atoms with Crippen molar-refractivity contribution in [3.63, 3.8) is 0 Å². The number of hydrogen-bond acceptors (Lipinski definition) is 3. The van der Waals surface area contributed by atoms with Crippen molar-refractivity contribution in [2.45, 2.75) is 180 Å². The third kappa shape index (κ3) is 34.9. The summed E-state index contributed by atoms with van der Waals surface area (Å²) in [6.45, 7) is 4.15. The zero-order valence-electron chi connectivity index (χ0n) is 31.2. The Bertz CT molecular complexity index is 895. The van der Waals surface area contributed by atoms with Crippen LogP contribution in [0.5, 0.6) is 0 Å². The number of carbonyl (C=O) groups is 1. The van der Waals surface area contributed by atoms with E-state index in [2.05, 4.69) is 92.1 Å². The van der Waals surface area contributed by atoms with Crippen molar-refractivity contribution in [2.75, 3.05) is 6.61 Å². The first-order valence-corrected chi connectivity index (χ1v) is 19.8. The SMILES string of the molecule is CC/C=C\C/C=C\C/C=C\C/C=C\C/C=C\CCCCCC(=O)NC(CO)C(O)/C=C/CC/C=C/CCCCCCCCCCCCC. The minimum Gasteiger partial charge on any atom is -0.394 e. The number of aliphatic hydroxyl groups excluding tert-OH is 2. The molecule has 274 valence electrons. The van der Waals surface area contributed by atoms with Crippen LogP contribution in [0.2, 0.25) is 0 Å². The maximum atomic E-state index is 12.3. The zero-order chi connectivity index (χ0) is 35.0. The first-order valence-electron chi connectivity index (χ1n) is 19.8. The van der Waals surface area contributed by atoms with E-state index in [1.807, 2.05) is 6.08 Å². The summed E-state index contributed by atoms with van der Waals surface area (Å²) >= 11 is 0. The van der Waals surface area contributed by atoms with E-state index in [0.717, 1.165) is 77.0 Å². The molecular formula is C44H75NO3. The van der Waals surface area contributed by atoms with Gasteiger partial charge in [-0.05, 0) is 77.0 Å². The van der Waals surface area contributed by atoms with E-state index >= 15 is 0 Å². The summed E-state index contributed by atoms with van der Waals surface area (Å²) < 4.78 is 0. The molecule has 0 saturated carbocycles. The highest BCUT2D eigenvalue weighted by molar-refractivity contribution is 5.76. The van der Waals surface area contributed by atoms with Gasteiger partial charge in [0.25, 0.3) is 0 Å². The molecule has 0 spiro atoms. The van der Waals surface area contributed by atoms with Gasteiger partial charge in [0.15, 0.2) is 0 Å². The van der Waals surface area contributed by atoms with E-state index in [1.54, 1.807) is 6.08 Å². The van der Waals surface area contributed by atoms with Crippen molar-refractivity contribution < 1.29 is 15.0 Å². The van der Waals surface area contributed by atoms with E-state index in [0.29, 0.717) is 6.42 Å². The number of allylic oxidation sites excluding steroid dienone is 13. The third-order valence-corrected chi connectivity index (χ3v) is 8.36. The highest BCUT2D eigenvalue weighted by Crippen LogP contribution is 2.12. The number of amides is 1. The van der Waals surface area contributed by atoms with Crippen LogP contribution in [0.3, 0.4) is 0 Å². The van der Waals surface area contributed by atoms with Crippen LogP contribution in [0, 0.1) is 0 Å². The lowest BCUT2D eigenvalue weighted by Gasteiger charge is -2.19. The molecule has 0 bridgehead atoms. The van der Waals surface area contributed by atoms with Gasteiger partial charge in [-0.1, -0.05) is 170 Å². The molecule has 0 aromatic rings. The molecule has 0 rings (SSSR count). The first kappa shape index (κ1) is 45.6. The van der Waals surface area contributed by atoms with Gasteiger partial charge < -0.3 is 15.5 Å². The maximum Gasteiger partial charge on any atom is 0.220 e. The van der Waals surface area contributed by atoms with Crippen LogP contribution in [0.1, 0.15) is 168 Å². The van der Waals surface area contributed by atoms with Gasteiger partial charge in [-0.3, -0.25) is 4.79 Å². The minimum atomic E-state index is -0.880. The van der Waals surface area contributed by atoms with E-state index < -0.39 is 12.1 Å². The van der Waals surface area contributed by atoms with Crippen molar-refractivity contribution in [2.24, 2.45) is 0 Å². The molecule has 1 amide bonds. The Morgan fingerprint density at radius 3 is 1.46 bits per heavy atom. The summed E-state index contributed by atoms with van der Waals surface area (Å²) in [4.78, 5) is 12.3. The predicted molar refractivity (Wildman–Crippen MR) is 211 cm³/mol. The van der Waals surface area contributed by atoms with Crippen LogP contribution in [-0.2, 0) is 4.79 Å². The van der Waals surface area contributed by atoms with Crippen LogP contribution in [0.25, 0.3) is 0 Å². The average Bonchev–Trinajstić information content (AvgIpc) is 3.09. The zero-order valence-corrected chi connectivity index (χ0v) is 31.2. The van der Waals surface area contributed by atoms with Gasteiger partial charge in [-0.25, -0.2) is 0 Å². The topological polar surface area (TPSA) is 69.6 Å². The lowest BCUT2D eigenvalue weighted by molar-refractivity contribution is -0.123. The summed E-state index contributed by atoms with van der Waals surface area (Å²) in [6.07, 6.45) is 56.7. The molecule has 0 fully saturated rings. The van der Waals surface area contributed by atoms with Crippen LogP contribution in [0.15, 0.2) is 85.1 Å². The quantitative estimate of drug-likeness (QED) is 0.0473. The lowest BCUT2D eigenvalue weighted by Crippen LogP contribution is -2.45. The fourth-order valence-electron chi connectivity index (χ4n) is 5.34. The molecule has 2 unspecified atom stereocenters. The molecule has 3 N–H and O–H groups in total. The van der Waals surface area contributed by atoms with Gasteiger partial charge in [-0.15, -0.1) is 0 Å². The largest absolute Gasteiger partial charge is 0.394 e. The van der Waals surface area contributed by atoms with Crippen molar-refractivity contribution in [1.29, 1.82) is 0 Å². The van der Waals surface area contributed by atoms with Gasteiger partial charge >= 0.3 is 0 Å². The van der Waals surface area contributed by atoms with Gasteiger partial charge in [0.1, 0.15) is 0 Å². The van der Waals surface area contributed by atoms with Gasteiger partial charge in [0.2, 0.25) is 5.91 Å². The molecule has 0 aliphatic rings. The van der Waals surface area contributed by atoms with Gasteiger partial charge in [0, 0.05) is 6.42 Å². The Labute approximate surface area is 297 Å². The summed E-state index contributed by atoms with van der Waals surface area (Å²) in [6, 6.07) is -0.661. The molecule has 2 atom stereocenters. The third-order valence-electron chi connectivity index (χ3n) is 8.36. The molecule has 0 aliphatic heterocycles. The highest BCUT2D eigenvalue weighted by Gasteiger charge is 2.17. The fourth-order valence-corrected chi connectivity index (χ4v) is 5.34. The number of carbonyl (C=O) groups excluding carboxylic acids is 1. The summed E-state index contributed by atoms with van der Waals surface area (Å²) in [5, 5.41) is 22.9. The number of rotatable bonds is 34. The highest BCUT2D eigenvalue weighted by atomic mass is 16.3. The number of hydrogen-bond donors (Lipinski definition) is 3. The first-order chi connectivity index (χ1) is 23.7. The molecule has 4 heteroatoms. The normalized spacial score (nSPS) is 14.0. The number of aliphatic hydroxyl groups is 2. The number of nitrogens with one attached hydrogen (secondary N) is 1. The molecule has 0 aliphatic carbocycles. The summed E-state index contributed by atoms with van der Waals surface area (Å²) in [5.41, 5.74) is 0. The van der Waals surface area contributed by atoms with Crippen LogP contribution < -0.4 is 5.32 Å². The van der Waals surface area contributed by atoms with Crippen LogP contribution in [0.4, 0.5) is 0 Å². The van der Waals surface area contributed by atoms with E-state index in [1.165, 1.54) is 70.6 Å². The summed E-state index contributed by atoms with van der Waals surface area (Å²) in [7, 11) is 0. The van der Waals surface area contributed by atoms with Crippen LogP contribution >= 0.6 is 0 Å². The van der Waals surface area contributed by atoms with Crippen molar-refractivity contribution in [3.8, 4) is 0 Å². The standard InChI is InChI=1S/C44H75NO3/c1-3-5-7-9-11-13-15-17-19-21-22-24-26-28-30-32-34-36-38-40-44(48)45-42(41-46)43(47)39-37-35-33-31-29-27-25-23-20-18-16-14-12-10-8-6-4-2/h5,7,11,13,17,19,22,24,28-31,37,39,42-43,46-47H,3-4,6,8-10,12,14-16,18,20-21,23,25-27,32-36,38,40-41H2,1-2H3,(H,45,48)/b7-5-,13-11-,19-17-,24-22-,30-28-,31-29+,39-37+. The van der Waals surface area contributed by atoms with Gasteiger partial charge in [0.05, 0.1) is 18.8 Å². The molecule has 4 nitrogen and oxygen atoms in total. The second-order valence-electron chi connectivity index (χ2n) is 13.0. The Morgan fingerprint density at radius 1 is 0.521 bits per heavy atom. The van der Waals surface area contributed by atoms with E-state index in [-0.39, 0.29) is 12.5 Å². The Hall–Kier alpha value is -2.43. The minimum absolute atomic E-state index is 0.110. The summed E-state index contributed by atoms with van der Waals surface area (Å²) in [5.74, 6) is -0.110. The molecular weight excluding hydrogens is 590 g/mol. The second-order valence-corrected chi connectivity index (χ2v) is 13.0. The van der Waals surface area contributed by atoms with E-state index in [4.69, 9.17) is 0 Å². The predicted octanol–water partition coefficient (Wildman–Crippen LogP) is 12.1. The maximum absolute atomic E-state index is 12.3. The van der Waals surface area contributed by atoms with Crippen molar-refractivity contribution in [1.82, 2.24) is 5.32 Å². The van der Waals surface area contributed by atoms with Crippen molar-refractivity contribution >= 4 is 5.91 Å². The van der Waals surface area contributed by atoms with Crippen molar-refractivity contribution in [3.05, 3.63) is 85.1 Å². The fraction of sp³-hybridized carbons (Fsp3) is 0.659. The smallest absolute Gasteiger partial charge is 0.220 e. The molecule has 0 saturated heterocycles. The van der Waals surface area contributed by atoms with Gasteiger partial charge in [-0.2, -0.15) is 0 Å². The monoisotopic (exact) mass is 666 g/mol. The second kappa shape index (κ2) is 39.0.